The molecule has 0 saturated carbocycles. The normalized spacial score (nSPS) is 11.6. The topological polar surface area (TPSA) is 116 Å². The van der Waals surface area contributed by atoms with E-state index < -0.39 is 5.60 Å². The van der Waals surface area contributed by atoms with Crippen molar-refractivity contribution < 1.29 is 14.7 Å². The predicted octanol–water partition coefficient (Wildman–Crippen LogP) is 5.18. The van der Waals surface area contributed by atoms with Gasteiger partial charge in [-0.25, -0.2) is 4.98 Å². The Morgan fingerprint density at radius 2 is 1.92 bits per heavy atom. The number of anilines is 2. The van der Waals surface area contributed by atoms with E-state index in [2.05, 4.69) is 15.5 Å². The molecule has 0 radical (unpaired) electrons. The number of aryl methyl sites for hydroxylation is 1. The predicted molar refractivity (Wildman–Crippen MR) is 150 cm³/mol. The second-order valence-corrected chi connectivity index (χ2v) is 10.7. The second kappa shape index (κ2) is 10.2. The van der Waals surface area contributed by atoms with Gasteiger partial charge in [0, 0.05) is 41.5 Å². The number of amides is 2. The Hall–Kier alpha value is -4.28. The summed E-state index contributed by atoms with van der Waals surface area (Å²) >= 11 is 1.36. The van der Waals surface area contributed by atoms with Crippen molar-refractivity contribution in [3.8, 4) is 10.4 Å². The number of rotatable bonds is 8. The largest absolute Gasteiger partial charge is 0.390 e. The first kappa shape index (κ1) is 25.4. The van der Waals surface area contributed by atoms with Gasteiger partial charge in [-0.05, 0) is 62.7 Å². The molecule has 3 heterocycles. The molecule has 3 N–H and O–H groups in total. The lowest BCUT2D eigenvalue weighted by molar-refractivity contribution is 0.0667. The number of hydrogen-bond acceptors (Lipinski definition) is 6. The van der Waals surface area contributed by atoms with Crippen molar-refractivity contribution in [2.24, 2.45) is 0 Å². The van der Waals surface area contributed by atoms with E-state index in [0.29, 0.717) is 40.6 Å². The van der Waals surface area contributed by atoms with Crippen LogP contribution in [0, 0.1) is 0 Å². The highest BCUT2D eigenvalue weighted by Gasteiger charge is 2.21. The molecule has 0 aliphatic heterocycles. The maximum atomic E-state index is 13.2. The van der Waals surface area contributed by atoms with Crippen LogP contribution in [0.3, 0.4) is 0 Å². The van der Waals surface area contributed by atoms with Gasteiger partial charge in [-0.3, -0.25) is 20.0 Å². The molecule has 3 aromatic heterocycles. The molecular weight excluding hydrogens is 500 g/mol. The summed E-state index contributed by atoms with van der Waals surface area (Å²) in [7, 11) is 1.72. The third-order valence-electron chi connectivity index (χ3n) is 6.23. The number of H-pyrrole nitrogens is 1. The number of aromatic nitrogens is 4. The van der Waals surface area contributed by atoms with Gasteiger partial charge in [0.25, 0.3) is 11.8 Å². The Morgan fingerprint density at radius 1 is 1.13 bits per heavy atom. The van der Waals surface area contributed by atoms with E-state index in [-0.39, 0.29) is 11.8 Å². The highest BCUT2D eigenvalue weighted by Crippen LogP contribution is 2.30. The van der Waals surface area contributed by atoms with Gasteiger partial charge in [0.2, 0.25) is 5.95 Å². The van der Waals surface area contributed by atoms with Gasteiger partial charge in [0.05, 0.1) is 27.7 Å². The molecule has 194 valence electrons. The van der Waals surface area contributed by atoms with E-state index in [1.807, 2.05) is 47.0 Å². The lowest BCUT2D eigenvalue weighted by atomic mass is 10.1. The number of fused-ring (bicyclic) bond motifs is 1. The number of nitrogens with zero attached hydrogens (tertiary/aromatic N) is 4. The van der Waals surface area contributed by atoms with Gasteiger partial charge < -0.3 is 14.6 Å². The number of nitrogens with one attached hydrogen (secondary N) is 2. The van der Waals surface area contributed by atoms with Gasteiger partial charge in [0.15, 0.2) is 0 Å². The van der Waals surface area contributed by atoms with Gasteiger partial charge in [-0.1, -0.05) is 18.2 Å². The van der Waals surface area contributed by atoms with Gasteiger partial charge >= 0.3 is 0 Å². The first-order valence-corrected chi connectivity index (χ1v) is 13.0. The van der Waals surface area contributed by atoms with Crippen molar-refractivity contribution in [2.45, 2.75) is 32.4 Å². The minimum absolute atomic E-state index is 0.133. The minimum Gasteiger partial charge on any atom is -0.390 e. The molecule has 10 heteroatoms. The van der Waals surface area contributed by atoms with Crippen LogP contribution in [0.4, 0.5) is 11.6 Å². The highest BCUT2D eigenvalue weighted by atomic mass is 32.1. The molecule has 5 rings (SSSR count). The number of aliphatic hydroxyl groups is 1. The first-order chi connectivity index (χ1) is 18.2. The fourth-order valence-corrected chi connectivity index (χ4v) is 4.97. The van der Waals surface area contributed by atoms with Crippen LogP contribution in [-0.2, 0) is 6.54 Å². The average Bonchev–Trinajstić information content (AvgIpc) is 3.66. The number of carbonyl (C=O) groups excluding carboxylic acids is 2. The fraction of sp³-hybridized carbons (Fsp3) is 0.214. The number of thiophene rings is 1. The minimum atomic E-state index is -0.895. The lowest BCUT2D eigenvalue weighted by Gasteiger charge is -2.19. The number of hydrogen-bond donors (Lipinski definition) is 3. The summed E-state index contributed by atoms with van der Waals surface area (Å²) in [6.45, 7) is 3.93. The van der Waals surface area contributed by atoms with Crippen molar-refractivity contribution in [3.63, 3.8) is 0 Å². The van der Waals surface area contributed by atoms with Crippen molar-refractivity contribution in [1.29, 1.82) is 0 Å². The summed E-state index contributed by atoms with van der Waals surface area (Å²) in [6.07, 6.45) is 3.95. The van der Waals surface area contributed by atoms with E-state index in [9.17, 15) is 14.7 Å². The standard InChI is InChI=1S/C28H28N6O3S/c1-28(2,37)13-14-34-22-10-9-20(33(3)26(36)18-7-5-4-6-8-18)15-21(22)31-27(34)32-25(35)24-12-11-23(38-24)19-16-29-30-17-19/h4-12,15-17,37H,13-14H2,1-3H3,(H,29,30)(H,31,32,35). The number of carbonyl (C=O) groups is 2. The Kier molecular flexibility index (Phi) is 6.83. The Bertz CT molecular complexity index is 1580. The summed E-state index contributed by atoms with van der Waals surface area (Å²) in [5.41, 5.74) is 2.70. The SMILES string of the molecule is CN(C(=O)c1ccccc1)c1ccc2c(c1)nc(NC(=O)c1ccc(-c3cn[nH]c3)s1)n2CCC(C)(C)O. The summed E-state index contributed by atoms with van der Waals surface area (Å²) in [5.74, 6) is -0.0334. The van der Waals surface area contributed by atoms with Crippen LogP contribution in [0.2, 0.25) is 0 Å². The third kappa shape index (κ3) is 5.36. The third-order valence-corrected chi connectivity index (χ3v) is 7.36. The zero-order valence-corrected chi connectivity index (χ0v) is 22.1. The zero-order valence-electron chi connectivity index (χ0n) is 21.3. The quantitative estimate of drug-likeness (QED) is 0.257. The van der Waals surface area contributed by atoms with Crippen LogP contribution < -0.4 is 10.2 Å². The second-order valence-electron chi connectivity index (χ2n) is 9.66. The average molecular weight is 529 g/mol. The molecule has 0 spiro atoms. The van der Waals surface area contributed by atoms with Crippen LogP contribution in [-0.4, -0.2) is 49.3 Å². The molecule has 5 aromatic rings. The molecule has 38 heavy (non-hydrogen) atoms. The highest BCUT2D eigenvalue weighted by molar-refractivity contribution is 7.17. The molecule has 0 fully saturated rings. The number of imidazole rings is 1. The molecule has 0 aliphatic carbocycles. The summed E-state index contributed by atoms with van der Waals surface area (Å²) in [5, 5.41) is 20.0. The molecule has 0 saturated heterocycles. The summed E-state index contributed by atoms with van der Waals surface area (Å²) < 4.78 is 1.89. The van der Waals surface area contributed by atoms with E-state index in [4.69, 9.17) is 4.98 Å². The molecular formula is C28H28N6O3S. The monoisotopic (exact) mass is 528 g/mol. The van der Waals surface area contributed by atoms with E-state index >= 15 is 0 Å². The molecule has 2 amide bonds. The Labute approximate surface area is 223 Å². The zero-order chi connectivity index (χ0) is 26.9. The first-order valence-electron chi connectivity index (χ1n) is 12.2. The van der Waals surface area contributed by atoms with Gasteiger partial charge in [0.1, 0.15) is 0 Å². The van der Waals surface area contributed by atoms with Crippen molar-refractivity contribution in [1.82, 2.24) is 19.7 Å². The van der Waals surface area contributed by atoms with Crippen LogP contribution in [0.25, 0.3) is 21.5 Å². The van der Waals surface area contributed by atoms with Crippen LogP contribution >= 0.6 is 11.3 Å². The maximum Gasteiger partial charge on any atom is 0.268 e. The maximum absolute atomic E-state index is 13.2. The Balaban J connectivity index is 1.45. The molecule has 2 aromatic carbocycles. The van der Waals surface area contributed by atoms with Crippen LogP contribution in [0.1, 0.15) is 40.3 Å². The summed E-state index contributed by atoms with van der Waals surface area (Å²) in [6, 6.07) is 18.3. The number of benzene rings is 2. The smallest absolute Gasteiger partial charge is 0.268 e. The number of aromatic amines is 1. The molecule has 0 aliphatic rings. The molecule has 0 unspecified atom stereocenters. The van der Waals surface area contributed by atoms with Gasteiger partial charge in [-0.15, -0.1) is 11.3 Å². The van der Waals surface area contributed by atoms with E-state index in [1.165, 1.54) is 11.3 Å². The van der Waals surface area contributed by atoms with Crippen LogP contribution in [0.5, 0.6) is 0 Å². The van der Waals surface area contributed by atoms with Crippen molar-refractivity contribution in [2.75, 3.05) is 17.3 Å². The van der Waals surface area contributed by atoms with E-state index in [0.717, 1.165) is 16.0 Å². The molecule has 9 nitrogen and oxygen atoms in total. The Morgan fingerprint density at radius 3 is 2.63 bits per heavy atom. The van der Waals surface area contributed by atoms with Crippen LogP contribution in [0.15, 0.2) is 73.1 Å². The van der Waals surface area contributed by atoms with Crippen molar-refractivity contribution >= 4 is 45.8 Å². The molecule has 0 atom stereocenters. The summed E-state index contributed by atoms with van der Waals surface area (Å²) in [4.78, 5) is 33.9. The van der Waals surface area contributed by atoms with E-state index in [1.54, 1.807) is 56.4 Å². The van der Waals surface area contributed by atoms with Crippen molar-refractivity contribution in [3.05, 3.63) is 83.5 Å². The lowest BCUT2D eigenvalue weighted by Crippen LogP contribution is -2.26. The fourth-order valence-electron chi connectivity index (χ4n) is 4.09. The molecule has 0 bridgehead atoms. The van der Waals surface area contributed by atoms with Gasteiger partial charge in [-0.2, -0.15) is 5.10 Å².